The van der Waals surface area contributed by atoms with Crippen molar-refractivity contribution in [2.24, 2.45) is 0 Å². The smallest absolute Gasteiger partial charge is 0.224 e. The Kier molecular flexibility index (Phi) is 4.85. The summed E-state index contributed by atoms with van der Waals surface area (Å²) in [6, 6.07) is 14.1. The third-order valence-corrected chi connectivity index (χ3v) is 3.91. The lowest BCUT2D eigenvalue weighted by atomic mass is 10.1. The number of carbonyl (C=O) groups excluding carboxylic acids is 1. The number of fused-ring (bicyclic) bond motifs is 1. The van der Waals surface area contributed by atoms with Crippen LogP contribution in [0, 0.1) is 13.8 Å². The fourth-order valence-electron chi connectivity index (χ4n) is 2.89. The van der Waals surface area contributed by atoms with Crippen LogP contribution < -0.4 is 10.1 Å². The fourth-order valence-corrected chi connectivity index (χ4v) is 2.89. The maximum absolute atomic E-state index is 12.1. The topological polar surface area (TPSA) is 54.1 Å². The van der Waals surface area contributed by atoms with Gasteiger partial charge in [-0.15, -0.1) is 0 Å². The number of amides is 1. The number of carbonyl (C=O) groups is 1. The zero-order valence-corrected chi connectivity index (χ0v) is 14.1. The number of aromatic nitrogens is 1. The normalized spacial score (nSPS) is 10.8. The number of H-pyrrole nitrogens is 1. The molecule has 2 N–H and O–H groups in total. The monoisotopic (exact) mass is 322 g/mol. The van der Waals surface area contributed by atoms with Gasteiger partial charge in [0, 0.05) is 17.1 Å². The number of para-hydroxylation sites is 1. The van der Waals surface area contributed by atoms with E-state index in [1.807, 2.05) is 56.4 Å². The van der Waals surface area contributed by atoms with Gasteiger partial charge in [0.25, 0.3) is 0 Å². The first-order valence-corrected chi connectivity index (χ1v) is 8.14. The molecular weight excluding hydrogens is 300 g/mol. The molecule has 0 fully saturated rings. The van der Waals surface area contributed by atoms with Gasteiger partial charge >= 0.3 is 0 Å². The maximum Gasteiger partial charge on any atom is 0.224 e. The summed E-state index contributed by atoms with van der Waals surface area (Å²) in [7, 11) is 0. The van der Waals surface area contributed by atoms with Crippen molar-refractivity contribution in [3.05, 3.63) is 65.4 Å². The molecule has 2 aromatic carbocycles. The Morgan fingerprint density at radius 2 is 1.88 bits per heavy atom. The number of aryl methyl sites for hydroxylation is 2. The van der Waals surface area contributed by atoms with Crippen molar-refractivity contribution in [3.8, 4) is 5.75 Å². The van der Waals surface area contributed by atoms with Crippen molar-refractivity contribution in [1.82, 2.24) is 10.3 Å². The molecule has 0 saturated heterocycles. The molecule has 3 rings (SSSR count). The van der Waals surface area contributed by atoms with Gasteiger partial charge in [-0.2, -0.15) is 0 Å². The van der Waals surface area contributed by atoms with Crippen molar-refractivity contribution in [1.29, 1.82) is 0 Å². The van der Waals surface area contributed by atoms with E-state index in [1.54, 1.807) is 0 Å². The average Bonchev–Trinajstić information content (AvgIpc) is 2.94. The van der Waals surface area contributed by atoms with Gasteiger partial charge in [0.15, 0.2) is 0 Å². The predicted octanol–water partition coefficient (Wildman–Crippen LogP) is 3.52. The summed E-state index contributed by atoms with van der Waals surface area (Å²) in [6.07, 6.45) is 2.27. The van der Waals surface area contributed by atoms with Crippen LogP contribution in [0.4, 0.5) is 0 Å². The Morgan fingerprint density at radius 3 is 2.67 bits per heavy atom. The largest absolute Gasteiger partial charge is 0.492 e. The van der Waals surface area contributed by atoms with Crippen LogP contribution in [-0.4, -0.2) is 24.0 Å². The molecule has 0 atom stereocenters. The molecule has 0 unspecified atom stereocenters. The van der Waals surface area contributed by atoms with E-state index in [-0.39, 0.29) is 5.91 Å². The molecule has 0 saturated carbocycles. The Hall–Kier alpha value is -2.75. The first-order valence-electron chi connectivity index (χ1n) is 8.14. The molecule has 1 aromatic heterocycles. The highest BCUT2D eigenvalue weighted by Gasteiger charge is 2.08. The van der Waals surface area contributed by atoms with Crippen LogP contribution in [0.3, 0.4) is 0 Å². The number of aromatic amines is 1. The average molecular weight is 322 g/mol. The third-order valence-electron chi connectivity index (χ3n) is 3.91. The molecule has 124 valence electrons. The molecule has 4 nitrogen and oxygen atoms in total. The first kappa shape index (κ1) is 16.1. The fraction of sp³-hybridized carbons (Fsp3) is 0.250. The van der Waals surface area contributed by atoms with E-state index in [0.29, 0.717) is 19.6 Å². The molecule has 0 bridgehead atoms. The number of nitrogens with one attached hydrogen (secondary N) is 2. The standard InChI is InChI=1S/C20H22N2O2/c1-14-9-15(2)11-17(10-14)24-8-7-21-20(23)12-16-13-22-19-6-4-3-5-18(16)19/h3-6,9-11,13,22H,7-8,12H2,1-2H3,(H,21,23). The van der Waals surface area contributed by atoms with Gasteiger partial charge in [-0.1, -0.05) is 24.3 Å². The highest BCUT2D eigenvalue weighted by atomic mass is 16.5. The minimum atomic E-state index is 0.00350. The van der Waals surface area contributed by atoms with E-state index >= 15 is 0 Å². The molecule has 4 heteroatoms. The highest BCUT2D eigenvalue weighted by Crippen LogP contribution is 2.18. The second kappa shape index (κ2) is 7.21. The molecule has 0 aliphatic carbocycles. The Labute approximate surface area is 141 Å². The zero-order valence-electron chi connectivity index (χ0n) is 14.1. The van der Waals surface area contributed by atoms with Crippen molar-refractivity contribution < 1.29 is 9.53 Å². The summed E-state index contributed by atoms with van der Waals surface area (Å²) in [5, 5.41) is 4.00. The summed E-state index contributed by atoms with van der Waals surface area (Å²) in [5.74, 6) is 0.849. The SMILES string of the molecule is Cc1cc(C)cc(OCCNC(=O)Cc2c[nH]c3ccccc23)c1. The minimum absolute atomic E-state index is 0.00350. The summed E-state index contributed by atoms with van der Waals surface area (Å²) in [6.45, 7) is 5.04. The molecule has 3 aromatic rings. The van der Waals surface area contributed by atoms with Crippen LogP contribution in [-0.2, 0) is 11.2 Å². The minimum Gasteiger partial charge on any atom is -0.492 e. The van der Waals surface area contributed by atoms with Crippen LogP contribution in [0.2, 0.25) is 0 Å². The number of benzene rings is 2. The summed E-state index contributed by atoms with van der Waals surface area (Å²) < 4.78 is 5.70. The molecule has 0 aliphatic rings. The Bertz CT molecular complexity index is 831. The maximum atomic E-state index is 12.1. The molecule has 24 heavy (non-hydrogen) atoms. The van der Waals surface area contributed by atoms with Crippen LogP contribution in [0.25, 0.3) is 10.9 Å². The first-order chi connectivity index (χ1) is 11.6. The van der Waals surface area contributed by atoms with E-state index in [1.165, 1.54) is 11.1 Å². The third kappa shape index (κ3) is 3.96. The zero-order chi connectivity index (χ0) is 16.9. The van der Waals surface area contributed by atoms with E-state index in [4.69, 9.17) is 4.74 Å². The lowest BCUT2D eigenvalue weighted by molar-refractivity contribution is -0.120. The van der Waals surface area contributed by atoms with Gasteiger partial charge in [-0.05, 0) is 48.7 Å². The van der Waals surface area contributed by atoms with Crippen LogP contribution >= 0.6 is 0 Å². The van der Waals surface area contributed by atoms with Gasteiger partial charge in [-0.25, -0.2) is 0 Å². The van der Waals surface area contributed by atoms with Crippen molar-refractivity contribution in [2.45, 2.75) is 20.3 Å². The molecule has 1 amide bonds. The van der Waals surface area contributed by atoms with Gasteiger partial charge < -0.3 is 15.0 Å². The summed E-state index contributed by atoms with van der Waals surface area (Å²) in [4.78, 5) is 15.3. The van der Waals surface area contributed by atoms with Gasteiger partial charge in [-0.3, -0.25) is 4.79 Å². The predicted molar refractivity (Wildman–Crippen MR) is 96.4 cm³/mol. The van der Waals surface area contributed by atoms with E-state index in [0.717, 1.165) is 22.2 Å². The lowest BCUT2D eigenvalue weighted by Gasteiger charge is -2.09. The van der Waals surface area contributed by atoms with E-state index < -0.39 is 0 Å². The quantitative estimate of drug-likeness (QED) is 0.682. The molecular formula is C20H22N2O2. The summed E-state index contributed by atoms with van der Waals surface area (Å²) in [5.41, 5.74) is 4.42. The van der Waals surface area contributed by atoms with Crippen molar-refractivity contribution >= 4 is 16.8 Å². The Balaban J connectivity index is 1.47. The van der Waals surface area contributed by atoms with Gasteiger partial charge in [0.2, 0.25) is 5.91 Å². The second-order valence-electron chi connectivity index (χ2n) is 6.06. The Morgan fingerprint density at radius 1 is 1.12 bits per heavy atom. The molecule has 1 heterocycles. The molecule has 0 aliphatic heterocycles. The summed E-state index contributed by atoms with van der Waals surface area (Å²) >= 11 is 0. The van der Waals surface area contributed by atoms with Crippen molar-refractivity contribution in [3.63, 3.8) is 0 Å². The van der Waals surface area contributed by atoms with Crippen LogP contribution in [0.5, 0.6) is 5.75 Å². The van der Waals surface area contributed by atoms with E-state index in [2.05, 4.69) is 16.4 Å². The molecule has 0 radical (unpaired) electrons. The van der Waals surface area contributed by atoms with E-state index in [9.17, 15) is 4.79 Å². The number of hydrogen-bond donors (Lipinski definition) is 2. The lowest BCUT2D eigenvalue weighted by Crippen LogP contribution is -2.29. The molecule has 0 spiro atoms. The van der Waals surface area contributed by atoms with Crippen LogP contribution in [0.1, 0.15) is 16.7 Å². The van der Waals surface area contributed by atoms with Crippen LogP contribution in [0.15, 0.2) is 48.7 Å². The van der Waals surface area contributed by atoms with Crippen molar-refractivity contribution in [2.75, 3.05) is 13.2 Å². The second-order valence-corrected chi connectivity index (χ2v) is 6.06. The van der Waals surface area contributed by atoms with Gasteiger partial charge in [0.1, 0.15) is 12.4 Å². The number of ether oxygens (including phenoxy) is 1. The highest BCUT2D eigenvalue weighted by molar-refractivity contribution is 5.88. The number of hydrogen-bond acceptors (Lipinski definition) is 2. The number of rotatable bonds is 6. The van der Waals surface area contributed by atoms with Gasteiger partial charge in [0.05, 0.1) is 13.0 Å².